The second-order valence-corrected chi connectivity index (χ2v) is 5.82. The van der Waals surface area contributed by atoms with E-state index in [-0.39, 0.29) is 11.4 Å². The molecular formula is C20H22N2O8. The number of para-hydroxylation sites is 1. The van der Waals surface area contributed by atoms with Crippen LogP contribution in [0.25, 0.3) is 0 Å². The summed E-state index contributed by atoms with van der Waals surface area (Å²) in [6.45, 7) is 2.46. The molecule has 2 aromatic carbocycles. The van der Waals surface area contributed by atoms with Crippen LogP contribution in [0.2, 0.25) is 0 Å². The van der Waals surface area contributed by atoms with E-state index in [4.69, 9.17) is 19.7 Å². The fourth-order valence-corrected chi connectivity index (χ4v) is 2.32. The molecule has 160 valence electrons. The Labute approximate surface area is 172 Å². The third-order valence-electron chi connectivity index (χ3n) is 3.53. The Kier molecular flexibility index (Phi) is 9.50. The van der Waals surface area contributed by atoms with Gasteiger partial charge in [-0.05, 0) is 31.7 Å². The van der Waals surface area contributed by atoms with Gasteiger partial charge < -0.3 is 25.0 Å². The molecule has 0 aliphatic rings. The Morgan fingerprint density at radius 3 is 2.27 bits per heavy atom. The third kappa shape index (κ3) is 7.60. The van der Waals surface area contributed by atoms with Gasteiger partial charge in [-0.1, -0.05) is 18.2 Å². The molecule has 0 spiro atoms. The van der Waals surface area contributed by atoms with Crippen molar-refractivity contribution in [2.75, 3.05) is 14.2 Å². The molecule has 0 heterocycles. The zero-order valence-electron chi connectivity index (χ0n) is 16.6. The molecule has 0 bridgehead atoms. The normalized spacial score (nSPS) is 10.1. The number of nitro benzene ring substituents is 1. The van der Waals surface area contributed by atoms with Crippen molar-refractivity contribution in [2.24, 2.45) is 0 Å². The minimum atomic E-state index is -1.26. The first-order valence-electron chi connectivity index (χ1n) is 8.56. The highest BCUT2D eigenvalue weighted by molar-refractivity contribution is 5.89. The van der Waals surface area contributed by atoms with Crippen LogP contribution in [0.15, 0.2) is 48.6 Å². The number of aryl methyl sites for hydroxylation is 1. The number of methoxy groups -OCH3 is 1. The fraction of sp³-hybridized carbons (Fsp3) is 0.200. The van der Waals surface area contributed by atoms with E-state index in [0.717, 1.165) is 11.1 Å². The quantitative estimate of drug-likeness (QED) is 0.334. The summed E-state index contributed by atoms with van der Waals surface area (Å²) in [6.07, 6.45) is 1.12. The average molecular weight is 418 g/mol. The summed E-state index contributed by atoms with van der Waals surface area (Å²) in [5.74, 6) is -1.30. The largest absolute Gasteiger partial charge is 0.492 e. The van der Waals surface area contributed by atoms with Crippen LogP contribution in [0.5, 0.6) is 17.2 Å². The average Bonchev–Trinajstić information content (AvgIpc) is 2.67. The van der Waals surface area contributed by atoms with Gasteiger partial charge in [-0.25, -0.2) is 9.59 Å². The molecule has 3 N–H and O–H groups in total. The zero-order chi connectivity index (χ0) is 22.7. The molecule has 0 amide bonds. The van der Waals surface area contributed by atoms with E-state index in [1.54, 1.807) is 25.3 Å². The highest BCUT2D eigenvalue weighted by atomic mass is 16.6. The summed E-state index contributed by atoms with van der Waals surface area (Å²) in [5, 5.41) is 29.8. The van der Waals surface area contributed by atoms with Crippen LogP contribution in [0.3, 0.4) is 0 Å². The molecule has 0 saturated heterocycles. The number of nitrogens with zero attached hydrogens (tertiary/aromatic N) is 1. The standard InChI is InChI=1S/C16H18N2O4.C4H4O4/c1-11-7-8-13(18(19)20)15(9-11)22-14-6-4-5-12(10-17-2)16(14)21-3;5-3(6)1-2-4(7)8/h4-9,17H,10H2,1-3H3;1-2H,(H,5,6)(H,7,8)/b;2-1+. The van der Waals surface area contributed by atoms with Crippen LogP contribution < -0.4 is 14.8 Å². The van der Waals surface area contributed by atoms with Gasteiger partial charge in [-0.2, -0.15) is 0 Å². The summed E-state index contributed by atoms with van der Waals surface area (Å²) >= 11 is 0. The van der Waals surface area contributed by atoms with Crippen LogP contribution in [-0.4, -0.2) is 41.2 Å². The number of nitrogens with one attached hydrogen (secondary N) is 1. The predicted octanol–water partition coefficient (Wildman–Crippen LogP) is 3.14. The van der Waals surface area contributed by atoms with Gasteiger partial charge in [-0.15, -0.1) is 0 Å². The Bertz CT molecular complexity index is 924. The number of hydrogen-bond acceptors (Lipinski definition) is 7. The molecule has 0 radical (unpaired) electrons. The lowest BCUT2D eigenvalue weighted by Crippen LogP contribution is -2.07. The van der Waals surface area contributed by atoms with Gasteiger partial charge in [0.25, 0.3) is 0 Å². The molecule has 0 aliphatic heterocycles. The van der Waals surface area contributed by atoms with Crippen LogP contribution in [0.1, 0.15) is 11.1 Å². The van der Waals surface area contributed by atoms with Crippen molar-refractivity contribution in [3.05, 3.63) is 69.8 Å². The SMILES string of the molecule is CNCc1cccc(Oc2cc(C)ccc2[N+](=O)[O-])c1OC.O=C(O)/C=C/C(=O)O. The number of carbonyl (C=O) groups is 2. The Hall–Kier alpha value is -3.92. The maximum absolute atomic E-state index is 11.1. The molecular weight excluding hydrogens is 396 g/mol. The van der Waals surface area contributed by atoms with Gasteiger partial charge in [0.15, 0.2) is 11.5 Å². The smallest absolute Gasteiger partial charge is 0.328 e. The van der Waals surface area contributed by atoms with Gasteiger partial charge in [0.1, 0.15) is 0 Å². The van der Waals surface area contributed by atoms with Gasteiger partial charge in [0.2, 0.25) is 5.75 Å². The summed E-state index contributed by atoms with van der Waals surface area (Å²) in [6, 6.07) is 10.2. The van der Waals surface area contributed by atoms with Crippen LogP contribution in [0, 0.1) is 17.0 Å². The summed E-state index contributed by atoms with van der Waals surface area (Å²) < 4.78 is 11.2. The minimum Gasteiger partial charge on any atom is -0.492 e. The first kappa shape index (κ1) is 24.1. The van der Waals surface area contributed by atoms with Gasteiger partial charge in [0, 0.05) is 30.3 Å². The van der Waals surface area contributed by atoms with Crippen LogP contribution in [0.4, 0.5) is 5.69 Å². The molecule has 0 fully saturated rings. The molecule has 0 aromatic heterocycles. The summed E-state index contributed by atoms with van der Waals surface area (Å²) in [7, 11) is 3.38. The number of benzene rings is 2. The molecule has 0 atom stereocenters. The number of hydrogen-bond donors (Lipinski definition) is 3. The fourth-order valence-electron chi connectivity index (χ4n) is 2.32. The molecule has 10 heteroatoms. The van der Waals surface area contributed by atoms with Crippen molar-refractivity contribution in [1.82, 2.24) is 5.32 Å². The number of carboxylic acid groups (broad SMARTS) is 2. The molecule has 2 rings (SSSR count). The Balaban J connectivity index is 0.000000479. The lowest BCUT2D eigenvalue weighted by atomic mass is 10.1. The minimum absolute atomic E-state index is 0.0772. The van der Waals surface area contributed by atoms with Crippen molar-refractivity contribution in [1.29, 1.82) is 0 Å². The van der Waals surface area contributed by atoms with Gasteiger partial charge >= 0.3 is 17.6 Å². The number of rotatable bonds is 8. The molecule has 0 aliphatic carbocycles. The Morgan fingerprint density at radius 1 is 1.13 bits per heavy atom. The second-order valence-electron chi connectivity index (χ2n) is 5.82. The van der Waals surface area contributed by atoms with E-state index in [1.165, 1.54) is 6.07 Å². The van der Waals surface area contributed by atoms with E-state index in [9.17, 15) is 19.7 Å². The predicted molar refractivity (Wildman–Crippen MR) is 108 cm³/mol. The summed E-state index contributed by atoms with van der Waals surface area (Å²) in [5.41, 5.74) is 1.72. The summed E-state index contributed by atoms with van der Waals surface area (Å²) in [4.78, 5) is 29.8. The van der Waals surface area contributed by atoms with E-state index in [1.807, 2.05) is 26.1 Å². The highest BCUT2D eigenvalue weighted by Crippen LogP contribution is 2.38. The van der Waals surface area contributed by atoms with Crippen molar-refractivity contribution in [3.63, 3.8) is 0 Å². The molecule has 30 heavy (non-hydrogen) atoms. The van der Waals surface area contributed by atoms with E-state index in [0.29, 0.717) is 30.2 Å². The molecule has 0 saturated carbocycles. The van der Waals surface area contributed by atoms with E-state index < -0.39 is 16.9 Å². The lowest BCUT2D eigenvalue weighted by molar-refractivity contribution is -0.385. The number of ether oxygens (including phenoxy) is 2. The highest BCUT2D eigenvalue weighted by Gasteiger charge is 2.18. The number of carboxylic acids is 2. The molecule has 0 unspecified atom stereocenters. The first-order chi connectivity index (χ1) is 14.2. The van der Waals surface area contributed by atoms with Gasteiger partial charge in [-0.3, -0.25) is 10.1 Å². The molecule has 2 aromatic rings. The number of nitro groups is 1. The molecule has 10 nitrogen and oxygen atoms in total. The van der Waals surface area contributed by atoms with Crippen molar-refractivity contribution >= 4 is 17.6 Å². The van der Waals surface area contributed by atoms with Crippen molar-refractivity contribution in [3.8, 4) is 17.2 Å². The van der Waals surface area contributed by atoms with Crippen molar-refractivity contribution in [2.45, 2.75) is 13.5 Å². The van der Waals surface area contributed by atoms with Crippen LogP contribution in [-0.2, 0) is 16.1 Å². The van der Waals surface area contributed by atoms with Gasteiger partial charge in [0.05, 0.1) is 12.0 Å². The lowest BCUT2D eigenvalue weighted by Gasteiger charge is -2.14. The maximum atomic E-state index is 11.1. The topological polar surface area (TPSA) is 148 Å². The number of aliphatic carboxylic acids is 2. The van der Waals surface area contributed by atoms with E-state index >= 15 is 0 Å². The maximum Gasteiger partial charge on any atom is 0.328 e. The zero-order valence-corrected chi connectivity index (χ0v) is 16.6. The van der Waals surface area contributed by atoms with Crippen molar-refractivity contribution < 1.29 is 34.2 Å². The third-order valence-corrected chi connectivity index (χ3v) is 3.53. The monoisotopic (exact) mass is 418 g/mol. The first-order valence-corrected chi connectivity index (χ1v) is 8.56. The van der Waals surface area contributed by atoms with E-state index in [2.05, 4.69) is 5.32 Å². The second kappa shape index (κ2) is 11.8. The Morgan fingerprint density at radius 2 is 1.77 bits per heavy atom. The van der Waals surface area contributed by atoms with Crippen LogP contribution >= 0.6 is 0 Å².